The molecule has 0 saturated heterocycles. The van der Waals surface area contributed by atoms with E-state index in [9.17, 15) is 0 Å². The van der Waals surface area contributed by atoms with E-state index < -0.39 is 0 Å². The van der Waals surface area contributed by atoms with Crippen molar-refractivity contribution in [2.75, 3.05) is 0 Å². The Hall–Kier alpha value is -1.02. The van der Waals surface area contributed by atoms with Gasteiger partial charge in [0.1, 0.15) is 4.99 Å². The maximum Gasteiger partial charge on any atom is 0.122 e. The van der Waals surface area contributed by atoms with Gasteiger partial charge in [-0.3, -0.25) is 4.98 Å². The van der Waals surface area contributed by atoms with Gasteiger partial charge in [0.2, 0.25) is 0 Å². The van der Waals surface area contributed by atoms with Crippen molar-refractivity contribution in [2.24, 2.45) is 5.73 Å². The normalized spacial score (nSPS) is 10.2. The van der Waals surface area contributed by atoms with Crippen LogP contribution in [0.4, 0.5) is 0 Å². The average molecular weight is 330 g/mol. The van der Waals surface area contributed by atoms with Crippen molar-refractivity contribution in [1.82, 2.24) is 14.8 Å². The lowest BCUT2D eigenvalue weighted by Gasteiger charge is -2.01. The van der Waals surface area contributed by atoms with Crippen LogP contribution in [0.1, 0.15) is 5.69 Å². The van der Waals surface area contributed by atoms with Gasteiger partial charge >= 0.3 is 0 Å². The SMILES string of the molecule is NC(=S)c1ccc(-n2cc(I)cn2)cn1. The van der Waals surface area contributed by atoms with Crippen molar-refractivity contribution in [3.8, 4) is 5.69 Å². The molecule has 2 heterocycles. The van der Waals surface area contributed by atoms with E-state index >= 15 is 0 Å². The fourth-order valence-corrected chi connectivity index (χ4v) is 1.62. The fourth-order valence-electron chi connectivity index (χ4n) is 1.11. The van der Waals surface area contributed by atoms with Crippen molar-refractivity contribution in [1.29, 1.82) is 0 Å². The minimum atomic E-state index is 0.302. The van der Waals surface area contributed by atoms with Gasteiger partial charge in [0.05, 0.1) is 27.3 Å². The van der Waals surface area contributed by atoms with E-state index in [-0.39, 0.29) is 0 Å². The highest BCUT2D eigenvalue weighted by atomic mass is 127. The summed E-state index contributed by atoms with van der Waals surface area (Å²) in [6, 6.07) is 3.66. The van der Waals surface area contributed by atoms with E-state index in [4.69, 9.17) is 18.0 Å². The lowest BCUT2D eigenvalue weighted by atomic mass is 10.3. The fraction of sp³-hybridized carbons (Fsp3) is 0. The van der Waals surface area contributed by atoms with E-state index in [0.717, 1.165) is 9.26 Å². The third-order valence-electron chi connectivity index (χ3n) is 1.82. The van der Waals surface area contributed by atoms with E-state index in [1.807, 2.05) is 12.3 Å². The van der Waals surface area contributed by atoms with Crippen molar-refractivity contribution in [2.45, 2.75) is 0 Å². The van der Waals surface area contributed by atoms with Crippen LogP contribution in [-0.2, 0) is 0 Å². The van der Waals surface area contributed by atoms with E-state index in [0.29, 0.717) is 10.7 Å². The average Bonchev–Trinajstić information content (AvgIpc) is 2.65. The van der Waals surface area contributed by atoms with Crippen LogP contribution in [-0.4, -0.2) is 19.8 Å². The highest BCUT2D eigenvalue weighted by Gasteiger charge is 2.01. The topological polar surface area (TPSA) is 56.7 Å². The number of nitrogens with two attached hydrogens (primary N) is 1. The summed E-state index contributed by atoms with van der Waals surface area (Å²) >= 11 is 7.02. The largest absolute Gasteiger partial charge is 0.388 e. The number of halogens is 1. The second-order valence-electron chi connectivity index (χ2n) is 2.87. The van der Waals surface area contributed by atoms with Gasteiger partial charge in [-0.25, -0.2) is 4.68 Å². The lowest BCUT2D eigenvalue weighted by Crippen LogP contribution is -2.11. The predicted octanol–water partition coefficient (Wildman–Crippen LogP) is 1.51. The zero-order valence-corrected chi connectivity index (χ0v) is 10.6. The molecule has 0 spiro atoms. The van der Waals surface area contributed by atoms with Crippen molar-refractivity contribution >= 4 is 39.8 Å². The highest BCUT2D eigenvalue weighted by Crippen LogP contribution is 2.09. The molecular weight excluding hydrogens is 323 g/mol. The summed E-state index contributed by atoms with van der Waals surface area (Å²) in [6.07, 6.45) is 5.39. The molecule has 0 atom stereocenters. The maximum atomic E-state index is 5.45. The van der Waals surface area contributed by atoms with Gasteiger partial charge in [-0.2, -0.15) is 5.10 Å². The van der Waals surface area contributed by atoms with Crippen molar-refractivity contribution in [3.63, 3.8) is 0 Å². The smallest absolute Gasteiger partial charge is 0.122 e. The van der Waals surface area contributed by atoms with Crippen molar-refractivity contribution < 1.29 is 0 Å². The number of rotatable bonds is 2. The Morgan fingerprint density at radius 3 is 2.67 bits per heavy atom. The first-order valence-corrected chi connectivity index (χ1v) is 5.62. The molecule has 2 N–H and O–H groups in total. The first-order chi connectivity index (χ1) is 7.16. The molecule has 0 aliphatic carbocycles. The van der Waals surface area contributed by atoms with Gasteiger partial charge in [-0.05, 0) is 34.7 Å². The molecule has 6 heteroatoms. The Kier molecular flexibility index (Phi) is 2.96. The third-order valence-corrected chi connectivity index (χ3v) is 2.58. The Labute approximate surface area is 106 Å². The molecule has 76 valence electrons. The molecule has 0 fully saturated rings. The van der Waals surface area contributed by atoms with Gasteiger partial charge in [0.15, 0.2) is 0 Å². The van der Waals surface area contributed by atoms with Crippen LogP contribution in [0.15, 0.2) is 30.7 Å². The number of nitrogens with zero attached hydrogens (tertiary/aromatic N) is 3. The minimum Gasteiger partial charge on any atom is -0.388 e. The van der Waals surface area contributed by atoms with Gasteiger partial charge in [-0.15, -0.1) is 0 Å². The minimum absolute atomic E-state index is 0.302. The standard InChI is InChI=1S/C9H7IN4S/c10-6-3-13-14(5-6)7-1-2-8(9(11)15)12-4-7/h1-5H,(H2,11,15). The zero-order chi connectivity index (χ0) is 10.8. The third kappa shape index (κ3) is 2.32. The second-order valence-corrected chi connectivity index (χ2v) is 4.55. The molecule has 0 aliphatic rings. The quantitative estimate of drug-likeness (QED) is 0.670. The molecular formula is C9H7IN4S. The summed E-state index contributed by atoms with van der Waals surface area (Å²) in [6.45, 7) is 0. The molecule has 15 heavy (non-hydrogen) atoms. The molecule has 0 bridgehead atoms. The first-order valence-electron chi connectivity index (χ1n) is 4.13. The lowest BCUT2D eigenvalue weighted by molar-refractivity contribution is 0.873. The van der Waals surface area contributed by atoms with Crippen LogP contribution < -0.4 is 5.73 Å². The van der Waals surface area contributed by atoms with Gasteiger partial charge in [0.25, 0.3) is 0 Å². The van der Waals surface area contributed by atoms with Crippen LogP contribution in [0.5, 0.6) is 0 Å². The van der Waals surface area contributed by atoms with Gasteiger partial charge < -0.3 is 5.73 Å². The van der Waals surface area contributed by atoms with Crippen LogP contribution in [0.3, 0.4) is 0 Å². The van der Waals surface area contributed by atoms with Crippen LogP contribution in [0, 0.1) is 3.57 Å². The summed E-state index contributed by atoms with van der Waals surface area (Å²) in [5.74, 6) is 0. The zero-order valence-electron chi connectivity index (χ0n) is 7.59. The first kappa shape index (κ1) is 10.5. The molecule has 0 aliphatic heterocycles. The number of hydrogen-bond acceptors (Lipinski definition) is 3. The van der Waals surface area contributed by atoms with Crippen molar-refractivity contribution in [3.05, 3.63) is 40.0 Å². The van der Waals surface area contributed by atoms with E-state index in [1.54, 1.807) is 23.1 Å². The summed E-state index contributed by atoms with van der Waals surface area (Å²) in [5.41, 5.74) is 6.96. The molecule has 2 aromatic heterocycles. The van der Waals surface area contributed by atoms with Gasteiger partial charge in [-0.1, -0.05) is 12.2 Å². The van der Waals surface area contributed by atoms with Crippen LogP contribution in [0.25, 0.3) is 5.69 Å². The molecule has 0 amide bonds. The maximum absolute atomic E-state index is 5.45. The Bertz CT molecular complexity index is 491. The number of pyridine rings is 1. The molecule has 2 aromatic rings. The Morgan fingerprint density at radius 1 is 1.40 bits per heavy atom. The Balaban J connectivity index is 2.35. The number of thiocarbonyl (C=S) groups is 1. The molecule has 0 aromatic carbocycles. The summed E-state index contributed by atoms with van der Waals surface area (Å²) < 4.78 is 2.82. The monoisotopic (exact) mass is 330 g/mol. The summed E-state index contributed by atoms with van der Waals surface area (Å²) in [4.78, 5) is 4.44. The molecule has 0 saturated carbocycles. The summed E-state index contributed by atoms with van der Waals surface area (Å²) in [5, 5.41) is 4.17. The second kappa shape index (κ2) is 4.23. The highest BCUT2D eigenvalue weighted by molar-refractivity contribution is 14.1. The molecule has 2 rings (SSSR count). The predicted molar refractivity (Wildman–Crippen MR) is 70.0 cm³/mol. The molecule has 0 unspecified atom stereocenters. The van der Waals surface area contributed by atoms with Crippen LogP contribution >= 0.6 is 34.8 Å². The van der Waals surface area contributed by atoms with E-state index in [2.05, 4.69) is 32.7 Å². The molecule has 4 nitrogen and oxygen atoms in total. The molecule has 0 radical (unpaired) electrons. The van der Waals surface area contributed by atoms with Crippen LogP contribution in [0.2, 0.25) is 0 Å². The Morgan fingerprint density at radius 2 is 2.20 bits per heavy atom. The van der Waals surface area contributed by atoms with E-state index in [1.165, 1.54) is 0 Å². The summed E-state index contributed by atoms with van der Waals surface area (Å²) in [7, 11) is 0. The van der Waals surface area contributed by atoms with Gasteiger partial charge in [0, 0.05) is 6.20 Å². The number of aromatic nitrogens is 3. The number of hydrogen-bond donors (Lipinski definition) is 1.